The molecule has 10 heteroatoms. The van der Waals surface area contributed by atoms with Crippen LogP contribution < -0.4 is 0 Å². The Morgan fingerprint density at radius 3 is 1.59 bits per heavy atom. The number of unbranched alkanes of at least 4 members (excludes halogenated alkanes) is 10. The molecule has 27 heavy (non-hydrogen) atoms. The van der Waals surface area contributed by atoms with Gasteiger partial charge < -0.3 is 8.92 Å². The van der Waals surface area contributed by atoms with Crippen LogP contribution in [-0.4, -0.2) is 90.6 Å². The van der Waals surface area contributed by atoms with E-state index in [0.717, 1.165) is 19.3 Å². The van der Waals surface area contributed by atoms with Crippen molar-refractivity contribution >= 4 is 81.5 Å². The molecule has 0 spiro atoms. The average Bonchev–Trinajstić information content (AvgIpc) is 2.52. The molecule has 0 aromatic carbocycles. The van der Waals surface area contributed by atoms with Crippen molar-refractivity contribution in [3.8, 4) is 0 Å². The summed E-state index contributed by atoms with van der Waals surface area (Å²) in [6.07, 6.45) is 12.5. The van der Waals surface area contributed by atoms with Crippen molar-refractivity contribution < 1.29 is 31.5 Å². The normalized spacial score (nSPS) is 10.4. The van der Waals surface area contributed by atoms with Gasteiger partial charge in [-0.3, -0.25) is 14.1 Å². The maximum absolute atomic E-state index is 11.4. The van der Waals surface area contributed by atoms with E-state index in [4.69, 9.17) is 9.29 Å². The zero-order valence-corrected chi connectivity index (χ0v) is 16.0. The summed E-state index contributed by atoms with van der Waals surface area (Å²) in [7, 11) is -4.81. The summed E-state index contributed by atoms with van der Waals surface area (Å²) in [6.45, 7) is 2.51. The van der Waals surface area contributed by atoms with Gasteiger partial charge in [0.25, 0.3) is 0 Å². The molecule has 0 bridgehead atoms. The molecule has 0 unspecified atom stereocenters. The van der Waals surface area contributed by atoms with Gasteiger partial charge in [0.1, 0.15) is 0 Å². The first-order valence-electron chi connectivity index (χ1n) is 9.20. The van der Waals surface area contributed by atoms with Crippen molar-refractivity contribution in [1.82, 2.24) is 0 Å². The fourth-order valence-corrected chi connectivity index (χ4v) is 2.71. The molecule has 7 nitrogen and oxygen atoms in total. The summed E-state index contributed by atoms with van der Waals surface area (Å²) in [6, 6.07) is 0. The van der Waals surface area contributed by atoms with Crippen LogP contribution in [0.15, 0.2) is 0 Å². The van der Waals surface area contributed by atoms with Crippen LogP contribution in [0.25, 0.3) is 0 Å². The van der Waals surface area contributed by atoms with E-state index in [-0.39, 0.29) is 65.5 Å². The Bertz CT molecular complexity index is 470. The second kappa shape index (κ2) is 21.6. The SMILES string of the molecule is CCCCCCCCCCCCCOC(=O)CCC(=O)OS(=O)(=O)O.[NaH].[NaH]. The van der Waals surface area contributed by atoms with E-state index in [1.807, 2.05) is 0 Å². The van der Waals surface area contributed by atoms with E-state index in [2.05, 4.69) is 11.1 Å². The monoisotopic (exact) mass is 428 g/mol. The predicted molar refractivity (Wildman–Crippen MR) is 109 cm³/mol. The maximum atomic E-state index is 11.4. The van der Waals surface area contributed by atoms with Gasteiger partial charge in [0.2, 0.25) is 0 Å². The molecule has 0 aliphatic carbocycles. The number of hydrogen-bond acceptors (Lipinski definition) is 6. The second-order valence-corrected chi connectivity index (χ2v) is 7.16. The van der Waals surface area contributed by atoms with Crippen molar-refractivity contribution in [2.24, 2.45) is 0 Å². The van der Waals surface area contributed by atoms with Gasteiger partial charge in [0.05, 0.1) is 19.4 Å². The van der Waals surface area contributed by atoms with Crippen LogP contribution in [0, 0.1) is 0 Å². The van der Waals surface area contributed by atoms with Crippen LogP contribution in [-0.2, 0) is 28.9 Å². The third-order valence-corrected chi connectivity index (χ3v) is 4.14. The van der Waals surface area contributed by atoms with Crippen molar-refractivity contribution in [2.45, 2.75) is 90.4 Å². The quantitative estimate of drug-likeness (QED) is 0.174. The summed E-state index contributed by atoms with van der Waals surface area (Å²) in [5.41, 5.74) is 0. The molecule has 0 aliphatic rings. The number of esters is 1. The molecule has 0 fully saturated rings. The second-order valence-electron chi connectivity index (χ2n) is 6.14. The minimum atomic E-state index is -4.81. The van der Waals surface area contributed by atoms with Gasteiger partial charge >= 0.3 is 81.5 Å². The van der Waals surface area contributed by atoms with Crippen LogP contribution >= 0.6 is 0 Å². The van der Waals surface area contributed by atoms with Gasteiger partial charge in [0, 0.05) is 0 Å². The molecule has 1 N–H and O–H groups in total. The van der Waals surface area contributed by atoms with Gasteiger partial charge in [-0.05, 0) is 6.42 Å². The van der Waals surface area contributed by atoms with Crippen LogP contribution in [0.1, 0.15) is 90.4 Å². The van der Waals surface area contributed by atoms with Crippen LogP contribution in [0.3, 0.4) is 0 Å². The summed E-state index contributed by atoms with van der Waals surface area (Å²) in [5, 5.41) is 0. The van der Waals surface area contributed by atoms with Crippen LogP contribution in [0.2, 0.25) is 0 Å². The first kappa shape index (κ1) is 32.5. The molecule has 0 amide bonds. The predicted octanol–water partition coefficient (Wildman–Crippen LogP) is 2.67. The number of carbonyl (C=O) groups is 2. The van der Waals surface area contributed by atoms with Gasteiger partial charge in [-0.2, -0.15) is 8.42 Å². The number of rotatable bonds is 16. The van der Waals surface area contributed by atoms with E-state index >= 15 is 0 Å². The topological polar surface area (TPSA) is 107 Å². The molecular formula is C17H34Na2O7S. The van der Waals surface area contributed by atoms with E-state index in [1.165, 1.54) is 51.4 Å². The Balaban J connectivity index is -0.00000288. The Morgan fingerprint density at radius 1 is 0.741 bits per heavy atom. The van der Waals surface area contributed by atoms with E-state index < -0.39 is 28.8 Å². The van der Waals surface area contributed by atoms with Crippen LogP contribution in [0.4, 0.5) is 0 Å². The molecule has 152 valence electrons. The first-order valence-corrected chi connectivity index (χ1v) is 10.6. The number of ether oxygens (including phenoxy) is 1. The molecule has 0 rings (SSSR count). The van der Waals surface area contributed by atoms with E-state index in [9.17, 15) is 18.0 Å². The zero-order valence-electron chi connectivity index (χ0n) is 15.2. The number of hydrogen-bond donors (Lipinski definition) is 1. The third-order valence-electron chi connectivity index (χ3n) is 3.74. The fraction of sp³-hybridized carbons (Fsp3) is 0.882. The molecule has 0 aliphatic heterocycles. The van der Waals surface area contributed by atoms with Gasteiger partial charge in [0.15, 0.2) is 0 Å². The van der Waals surface area contributed by atoms with Crippen molar-refractivity contribution in [3.63, 3.8) is 0 Å². The van der Waals surface area contributed by atoms with Gasteiger partial charge in [-0.1, -0.05) is 71.1 Å². The molecule has 0 atom stereocenters. The molecule has 0 saturated heterocycles. The molecule has 0 aromatic rings. The molecule has 0 saturated carbocycles. The summed E-state index contributed by atoms with van der Waals surface area (Å²) in [4.78, 5) is 22.3. The summed E-state index contributed by atoms with van der Waals surface area (Å²) < 4.78 is 37.5. The van der Waals surface area contributed by atoms with Crippen molar-refractivity contribution in [3.05, 3.63) is 0 Å². The minimum absolute atomic E-state index is 0. The number of carbonyl (C=O) groups excluding carboxylic acids is 2. The fourth-order valence-electron chi connectivity index (χ4n) is 2.39. The van der Waals surface area contributed by atoms with Crippen LogP contribution in [0.5, 0.6) is 0 Å². The summed E-state index contributed by atoms with van der Waals surface area (Å²) >= 11 is 0. The van der Waals surface area contributed by atoms with Gasteiger partial charge in [-0.25, -0.2) is 0 Å². The Hall–Kier alpha value is 0.850. The summed E-state index contributed by atoms with van der Waals surface area (Å²) in [5.74, 6) is -1.77. The molecule has 0 aromatic heterocycles. The Labute approximate surface area is 208 Å². The van der Waals surface area contributed by atoms with Crippen molar-refractivity contribution in [1.29, 1.82) is 0 Å². The van der Waals surface area contributed by atoms with Gasteiger partial charge in [-0.15, -0.1) is 0 Å². The average molecular weight is 428 g/mol. The van der Waals surface area contributed by atoms with Crippen molar-refractivity contribution in [2.75, 3.05) is 6.61 Å². The first-order chi connectivity index (χ1) is 11.8. The Morgan fingerprint density at radius 2 is 1.15 bits per heavy atom. The zero-order chi connectivity index (χ0) is 19.0. The van der Waals surface area contributed by atoms with E-state index in [1.54, 1.807) is 0 Å². The molecular weight excluding hydrogens is 394 g/mol. The molecule has 0 radical (unpaired) electrons. The molecule has 0 heterocycles. The third kappa shape index (κ3) is 26.9. The van der Waals surface area contributed by atoms with E-state index in [0.29, 0.717) is 6.61 Å². The Kier molecular flexibility index (Phi) is 26.0. The standard InChI is InChI=1S/C17H32O7S.2Na.2H/c1-2-3-4-5-6-7-8-9-10-11-12-15-23-16(18)13-14-17(19)24-25(20,21)22;;;;/h2-15H2,1H3,(H,20,21,22);;;;.